The van der Waals surface area contributed by atoms with Crippen molar-refractivity contribution in [3.8, 4) is 23.0 Å². The van der Waals surface area contributed by atoms with Gasteiger partial charge >= 0.3 is 0 Å². The number of benzene rings is 2. The number of halogens is 1. The van der Waals surface area contributed by atoms with E-state index in [1.54, 1.807) is 10.7 Å². The standard InChI is InChI=1S/C28H34FN7O2S/c1-39(37,38)35-12-10-34(11-13-35)24-6-3-7-25(16-24)36-27(21-8-9-22(18-30)26(29)15-21)17-28(33-36)32-19-20-4-2-5-23(31)14-20/h3,6-9,15-17,20,23H,2,4-5,10-14,19,31H2,1H3,(H,32,33)/t20?,23-/m0/s1. The molecule has 39 heavy (non-hydrogen) atoms. The lowest BCUT2D eigenvalue weighted by Gasteiger charge is -2.34. The zero-order valence-electron chi connectivity index (χ0n) is 22.1. The lowest BCUT2D eigenvalue weighted by molar-refractivity contribution is 0.335. The molecule has 1 saturated carbocycles. The first kappa shape index (κ1) is 27.1. The molecule has 1 saturated heterocycles. The van der Waals surface area contributed by atoms with E-state index in [4.69, 9.17) is 10.8 Å². The SMILES string of the molecule is CS(=O)(=O)N1CCN(c2cccc(-n3nc(NCC4CCC[C@H](N)C4)cc3-c3ccc(C#N)c(F)c3)c2)CC1. The molecule has 0 bridgehead atoms. The summed E-state index contributed by atoms with van der Waals surface area (Å²) < 4.78 is 41.7. The van der Waals surface area contributed by atoms with Crippen LogP contribution in [0.5, 0.6) is 0 Å². The highest BCUT2D eigenvalue weighted by molar-refractivity contribution is 7.88. The first-order chi connectivity index (χ1) is 18.7. The van der Waals surface area contributed by atoms with Crippen molar-refractivity contribution in [3.63, 3.8) is 0 Å². The van der Waals surface area contributed by atoms with Gasteiger partial charge in [-0.3, -0.25) is 0 Å². The van der Waals surface area contributed by atoms with Crippen molar-refractivity contribution < 1.29 is 12.8 Å². The molecule has 2 fully saturated rings. The number of nitrogens with one attached hydrogen (secondary N) is 1. The number of nitrogens with zero attached hydrogens (tertiary/aromatic N) is 5. The van der Waals surface area contributed by atoms with Crippen LogP contribution in [0.3, 0.4) is 0 Å². The second-order valence-corrected chi connectivity index (χ2v) is 12.5. The van der Waals surface area contributed by atoms with Crippen molar-refractivity contribution in [3.05, 3.63) is 59.9 Å². The fraction of sp³-hybridized carbons (Fsp3) is 0.429. The third-order valence-corrected chi connectivity index (χ3v) is 8.94. The van der Waals surface area contributed by atoms with Crippen LogP contribution in [0.25, 0.3) is 16.9 Å². The molecule has 2 aromatic carbocycles. The van der Waals surface area contributed by atoms with Crippen LogP contribution in [0.2, 0.25) is 0 Å². The van der Waals surface area contributed by atoms with E-state index in [0.29, 0.717) is 49.2 Å². The van der Waals surface area contributed by atoms with Crippen LogP contribution in [0.1, 0.15) is 31.2 Å². The number of nitriles is 1. The second kappa shape index (κ2) is 11.3. The Balaban J connectivity index is 1.44. The molecule has 3 aromatic rings. The van der Waals surface area contributed by atoms with E-state index in [0.717, 1.165) is 43.6 Å². The highest BCUT2D eigenvalue weighted by atomic mass is 32.2. The minimum Gasteiger partial charge on any atom is -0.369 e. The van der Waals surface area contributed by atoms with E-state index < -0.39 is 15.8 Å². The maximum absolute atomic E-state index is 14.6. The quantitative estimate of drug-likeness (QED) is 0.461. The van der Waals surface area contributed by atoms with Gasteiger partial charge in [0.1, 0.15) is 17.7 Å². The molecule has 3 N–H and O–H groups in total. The minimum atomic E-state index is -3.21. The summed E-state index contributed by atoms with van der Waals surface area (Å²) in [5.41, 5.74) is 9.23. The average molecular weight is 552 g/mol. The molecular formula is C28H34FN7O2S. The van der Waals surface area contributed by atoms with Crippen LogP contribution in [-0.4, -0.2) is 67.5 Å². The Bertz CT molecular complexity index is 1480. The van der Waals surface area contributed by atoms with Gasteiger partial charge in [0.05, 0.1) is 23.2 Å². The third-order valence-electron chi connectivity index (χ3n) is 7.64. The van der Waals surface area contributed by atoms with Crippen LogP contribution in [0.4, 0.5) is 15.9 Å². The second-order valence-electron chi connectivity index (χ2n) is 10.5. The zero-order chi connectivity index (χ0) is 27.6. The normalized spacial score (nSPS) is 20.5. The summed E-state index contributed by atoms with van der Waals surface area (Å²) in [7, 11) is -3.21. The van der Waals surface area contributed by atoms with Gasteiger partial charge in [-0.15, -0.1) is 5.10 Å². The van der Waals surface area contributed by atoms with E-state index in [1.165, 1.54) is 22.7 Å². The lowest BCUT2D eigenvalue weighted by atomic mass is 9.86. The zero-order valence-corrected chi connectivity index (χ0v) is 22.9. The summed E-state index contributed by atoms with van der Waals surface area (Å²) in [5, 5.41) is 17.5. The molecular weight excluding hydrogens is 517 g/mol. The van der Waals surface area contributed by atoms with Crippen molar-refractivity contribution in [2.75, 3.05) is 49.2 Å². The summed E-state index contributed by atoms with van der Waals surface area (Å²) in [6.07, 6.45) is 5.55. The maximum atomic E-state index is 14.6. The van der Waals surface area contributed by atoms with Gasteiger partial charge in [-0.1, -0.05) is 18.6 Å². The molecule has 0 spiro atoms. The number of hydrogen-bond donors (Lipinski definition) is 2. The molecule has 9 nitrogen and oxygen atoms in total. The van der Waals surface area contributed by atoms with Gasteiger partial charge < -0.3 is 16.0 Å². The van der Waals surface area contributed by atoms with Crippen LogP contribution in [0.15, 0.2) is 48.5 Å². The first-order valence-electron chi connectivity index (χ1n) is 13.3. The summed E-state index contributed by atoms with van der Waals surface area (Å²) in [6.45, 7) is 2.79. The first-order valence-corrected chi connectivity index (χ1v) is 15.2. The van der Waals surface area contributed by atoms with Crippen molar-refractivity contribution in [2.24, 2.45) is 11.7 Å². The monoisotopic (exact) mass is 551 g/mol. The van der Waals surface area contributed by atoms with E-state index in [1.807, 2.05) is 36.4 Å². The Morgan fingerprint density at radius 1 is 1.10 bits per heavy atom. The molecule has 5 rings (SSSR count). The molecule has 2 heterocycles. The summed E-state index contributed by atoms with van der Waals surface area (Å²) >= 11 is 0. The molecule has 11 heteroatoms. The van der Waals surface area contributed by atoms with Crippen LogP contribution >= 0.6 is 0 Å². The Hall–Kier alpha value is -3.46. The van der Waals surface area contributed by atoms with Gasteiger partial charge in [0.25, 0.3) is 0 Å². The minimum absolute atomic E-state index is 0.00738. The summed E-state index contributed by atoms with van der Waals surface area (Å²) in [5.74, 6) is 0.579. The molecule has 2 atom stereocenters. The van der Waals surface area contributed by atoms with Crippen molar-refractivity contribution >= 4 is 21.5 Å². The summed E-state index contributed by atoms with van der Waals surface area (Å²) in [6, 6.07) is 16.5. The van der Waals surface area contributed by atoms with Crippen molar-refractivity contribution in [1.82, 2.24) is 14.1 Å². The smallest absolute Gasteiger partial charge is 0.211 e. The fourth-order valence-corrected chi connectivity index (χ4v) is 6.33. The van der Waals surface area contributed by atoms with Gasteiger partial charge in [0.2, 0.25) is 10.0 Å². The molecule has 1 aromatic heterocycles. The molecule has 0 amide bonds. The number of nitrogens with two attached hydrogens (primary N) is 1. The number of hydrogen-bond acceptors (Lipinski definition) is 7. The molecule has 1 unspecified atom stereocenters. The number of rotatable bonds is 7. The Morgan fingerprint density at radius 3 is 2.56 bits per heavy atom. The van der Waals surface area contributed by atoms with E-state index >= 15 is 0 Å². The van der Waals surface area contributed by atoms with Gasteiger partial charge in [0, 0.05) is 56.1 Å². The van der Waals surface area contributed by atoms with Gasteiger partial charge in [0.15, 0.2) is 0 Å². The average Bonchev–Trinajstić information content (AvgIpc) is 3.36. The molecule has 2 aliphatic rings. The molecule has 1 aliphatic carbocycles. The molecule has 1 aliphatic heterocycles. The predicted octanol–water partition coefficient (Wildman–Crippen LogP) is 3.56. The van der Waals surface area contributed by atoms with Crippen LogP contribution in [0, 0.1) is 23.1 Å². The number of piperazine rings is 1. The molecule has 0 radical (unpaired) electrons. The highest BCUT2D eigenvalue weighted by Gasteiger charge is 2.24. The maximum Gasteiger partial charge on any atom is 0.211 e. The number of sulfonamides is 1. The number of anilines is 2. The Labute approximate surface area is 229 Å². The van der Waals surface area contributed by atoms with Gasteiger partial charge in [-0.2, -0.15) is 9.57 Å². The molecule has 206 valence electrons. The van der Waals surface area contributed by atoms with E-state index in [9.17, 15) is 18.1 Å². The topological polar surface area (TPSA) is 120 Å². The van der Waals surface area contributed by atoms with E-state index in [-0.39, 0.29) is 11.6 Å². The lowest BCUT2D eigenvalue weighted by Crippen LogP contribution is -2.48. The highest BCUT2D eigenvalue weighted by Crippen LogP contribution is 2.30. The Kier molecular flexibility index (Phi) is 7.88. The Morgan fingerprint density at radius 2 is 1.87 bits per heavy atom. The fourth-order valence-electron chi connectivity index (χ4n) is 5.50. The van der Waals surface area contributed by atoms with Crippen molar-refractivity contribution in [1.29, 1.82) is 5.26 Å². The van der Waals surface area contributed by atoms with Crippen molar-refractivity contribution in [2.45, 2.75) is 31.7 Å². The summed E-state index contributed by atoms with van der Waals surface area (Å²) in [4.78, 5) is 2.15. The van der Waals surface area contributed by atoms with E-state index in [2.05, 4.69) is 10.2 Å². The van der Waals surface area contributed by atoms with Crippen LogP contribution in [-0.2, 0) is 10.0 Å². The largest absolute Gasteiger partial charge is 0.369 e. The van der Waals surface area contributed by atoms with Crippen LogP contribution < -0.4 is 16.0 Å². The van der Waals surface area contributed by atoms with Gasteiger partial charge in [-0.25, -0.2) is 17.5 Å². The predicted molar refractivity (Wildman–Crippen MR) is 151 cm³/mol. The van der Waals surface area contributed by atoms with Gasteiger partial charge in [-0.05, 0) is 55.5 Å². The number of aromatic nitrogens is 2. The third kappa shape index (κ3) is 6.24.